The summed E-state index contributed by atoms with van der Waals surface area (Å²) in [5, 5.41) is 0. The van der Waals surface area contributed by atoms with Crippen LogP contribution in [0.5, 0.6) is 0 Å². The van der Waals surface area contributed by atoms with Gasteiger partial charge in [0.2, 0.25) is 0 Å². The van der Waals surface area contributed by atoms with Crippen molar-refractivity contribution in [3.05, 3.63) is 11.6 Å². The Morgan fingerprint density at radius 3 is 2.53 bits per heavy atom. The van der Waals surface area contributed by atoms with Crippen LogP contribution < -0.4 is 0 Å². The van der Waals surface area contributed by atoms with Crippen LogP contribution in [0.2, 0.25) is 0 Å². The summed E-state index contributed by atoms with van der Waals surface area (Å²) in [4.78, 5) is 23.9. The number of Topliss-reactive ketones (excluding diaryl/α,β-unsaturated/α-hetero) is 1. The number of hydrogen-bond acceptors (Lipinski definition) is 3. The second-order valence-electron chi connectivity index (χ2n) is 6.52. The van der Waals surface area contributed by atoms with Gasteiger partial charge in [0.1, 0.15) is 11.7 Å². The third kappa shape index (κ3) is 2.13. The monoisotopic (exact) mass is 264 g/mol. The van der Waals surface area contributed by atoms with Gasteiger partial charge in [0, 0.05) is 0 Å². The van der Waals surface area contributed by atoms with Gasteiger partial charge in [0.15, 0.2) is 0 Å². The highest BCUT2D eigenvalue weighted by molar-refractivity contribution is 6.01. The highest BCUT2D eigenvalue weighted by Gasteiger charge is 2.53. The standard InChI is InChI=1S/C16H24O3/c1-6-19-15(18)14(10(3)17)13-8-11-7-12(13)9(2)16(11,4)5/h8-9,11-12,14H,6-7H2,1-5H3. The fourth-order valence-electron chi connectivity index (χ4n) is 3.77. The van der Waals surface area contributed by atoms with E-state index in [-0.39, 0.29) is 17.2 Å². The summed E-state index contributed by atoms with van der Waals surface area (Å²) in [6, 6.07) is 0. The van der Waals surface area contributed by atoms with Gasteiger partial charge in [0.05, 0.1) is 6.61 Å². The molecule has 0 aliphatic heterocycles. The highest BCUT2D eigenvalue weighted by atomic mass is 16.5. The number of carbonyl (C=O) groups excluding carboxylic acids is 2. The minimum Gasteiger partial charge on any atom is -0.465 e. The number of fused-ring (bicyclic) bond motifs is 2. The average molecular weight is 264 g/mol. The molecule has 0 spiro atoms. The zero-order chi connectivity index (χ0) is 14.4. The summed E-state index contributed by atoms with van der Waals surface area (Å²) in [5.41, 5.74) is 1.28. The van der Waals surface area contributed by atoms with Crippen molar-refractivity contribution < 1.29 is 14.3 Å². The molecule has 0 aromatic carbocycles. The lowest BCUT2D eigenvalue weighted by Crippen LogP contribution is -2.34. The molecule has 1 fully saturated rings. The fourth-order valence-corrected chi connectivity index (χ4v) is 3.77. The number of esters is 1. The molecule has 0 heterocycles. The van der Waals surface area contributed by atoms with Crippen LogP contribution in [0.25, 0.3) is 0 Å². The molecule has 3 nitrogen and oxygen atoms in total. The molecule has 2 bridgehead atoms. The minimum atomic E-state index is -0.673. The van der Waals surface area contributed by atoms with Crippen LogP contribution in [0.15, 0.2) is 11.6 Å². The van der Waals surface area contributed by atoms with E-state index < -0.39 is 5.92 Å². The fraction of sp³-hybridized carbons (Fsp3) is 0.750. The Kier molecular flexibility index (Phi) is 3.59. The van der Waals surface area contributed by atoms with Crippen LogP contribution in [-0.2, 0) is 14.3 Å². The van der Waals surface area contributed by atoms with E-state index in [2.05, 4.69) is 26.8 Å². The Morgan fingerprint density at radius 1 is 1.47 bits per heavy atom. The molecule has 106 valence electrons. The van der Waals surface area contributed by atoms with Crippen LogP contribution >= 0.6 is 0 Å². The minimum absolute atomic E-state index is 0.0951. The van der Waals surface area contributed by atoms with Gasteiger partial charge in [-0.25, -0.2) is 0 Å². The molecule has 0 aromatic rings. The lowest BCUT2D eigenvalue weighted by atomic mass is 9.68. The Labute approximate surface area is 115 Å². The van der Waals surface area contributed by atoms with E-state index in [4.69, 9.17) is 4.74 Å². The maximum atomic E-state index is 12.0. The van der Waals surface area contributed by atoms with Gasteiger partial charge in [-0.15, -0.1) is 0 Å². The zero-order valence-electron chi connectivity index (χ0n) is 12.5. The number of allylic oxidation sites excluding steroid dienone is 1. The Bertz CT molecular complexity index is 433. The van der Waals surface area contributed by atoms with Crippen LogP contribution in [0, 0.1) is 29.1 Å². The first kappa shape index (κ1) is 14.3. The van der Waals surface area contributed by atoms with Crippen molar-refractivity contribution >= 4 is 11.8 Å². The summed E-state index contributed by atoms with van der Waals surface area (Å²) < 4.78 is 5.07. The molecule has 0 amide bonds. The SMILES string of the molecule is CCOC(=O)C(C(C)=O)C1=CC2CC1C(C)C2(C)C. The molecule has 4 unspecified atom stereocenters. The summed E-state index contributed by atoms with van der Waals surface area (Å²) in [6.45, 7) is 10.4. The molecule has 1 saturated carbocycles. The summed E-state index contributed by atoms with van der Waals surface area (Å²) in [5.74, 6) is 0.209. The predicted molar refractivity (Wildman–Crippen MR) is 73.4 cm³/mol. The number of ether oxygens (including phenoxy) is 1. The van der Waals surface area contributed by atoms with E-state index in [9.17, 15) is 9.59 Å². The highest BCUT2D eigenvalue weighted by Crippen LogP contribution is 2.59. The van der Waals surface area contributed by atoms with E-state index in [1.165, 1.54) is 6.92 Å². The molecule has 0 aromatic heterocycles. The van der Waals surface area contributed by atoms with E-state index in [0.717, 1.165) is 12.0 Å². The number of ketones is 1. The van der Waals surface area contributed by atoms with Crippen molar-refractivity contribution in [2.75, 3.05) is 6.61 Å². The largest absolute Gasteiger partial charge is 0.465 e. The van der Waals surface area contributed by atoms with Crippen LogP contribution in [0.4, 0.5) is 0 Å². The maximum absolute atomic E-state index is 12.0. The third-order valence-electron chi connectivity index (χ3n) is 5.32. The first-order chi connectivity index (χ1) is 8.80. The Morgan fingerprint density at radius 2 is 2.11 bits per heavy atom. The van der Waals surface area contributed by atoms with Gasteiger partial charge in [-0.05, 0) is 49.0 Å². The number of rotatable bonds is 4. The molecule has 19 heavy (non-hydrogen) atoms. The topological polar surface area (TPSA) is 43.4 Å². The van der Waals surface area contributed by atoms with E-state index in [1.54, 1.807) is 6.92 Å². The molecule has 0 N–H and O–H groups in total. The quantitative estimate of drug-likeness (QED) is 0.445. The zero-order valence-corrected chi connectivity index (χ0v) is 12.5. The summed E-state index contributed by atoms with van der Waals surface area (Å²) in [6.07, 6.45) is 3.25. The first-order valence-corrected chi connectivity index (χ1v) is 7.19. The molecular weight excluding hydrogens is 240 g/mol. The van der Waals surface area contributed by atoms with Crippen molar-refractivity contribution in [2.45, 2.75) is 41.0 Å². The van der Waals surface area contributed by atoms with E-state index in [1.807, 2.05) is 0 Å². The first-order valence-electron chi connectivity index (χ1n) is 7.19. The van der Waals surface area contributed by atoms with Crippen molar-refractivity contribution in [3.8, 4) is 0 Å². The van der Waals surface area contributed by atoms with Gasteiger partial charge in [0.25, 0.3) is 0 Å². The lowest BCUT2D eigenvalue weighted by Gasteiger charge is -2.36. The Balaban J connectivity index is 2.29. The Hall–Kier alpha value is -1.12. The van der Waals surface area contributed by atoms with Crippen LogP contribution in [-0.4, -0.2) is 18.4 Å². The molecule has 0 saturated heterocycles. The van der Waals surface area contributed by atoms with Crippen LogP contribution in [0.3, 0.4) is 0 Å². The second-order valence-corrected chi connectivity index (χ2v) is 6.52. The second kappa shape index (κ2) is 4.77. The van der Waals surface area contributed by atoms with E-state index in [0.29, 0.717) is 24.4 Å². The molecule has 4 atom stereocenters. The lowest BCUT2D eigenvalue weighted by molar-refractivity contribution is -0.149. The van der Waals surface area contributed by atoms with Crippen molar-refractivity contribution in [2.24, 2.45) is 29.1 Å². The normalized spacial score (nSPS) is 32.9. The molecular formula is C16H24O3. The summed E-state index contributed by atoms with van der Waals surface area (Å²) in [7, 11) is 0. The van der Waals surface area contributed by atoms with Gasteiger partial charge < -0.3 is 4.74 Å². The van der Waals surface area contributed by atoms with Gasteiger partial charge in [-0.2, -0.15) is 0 Å². The third-order valence-corrected chi connectivity index (χ3v) is 5.32. The van der Waals surface area contributed by atoms with Crippen LogP contribution in [0.1, 0.15) is 41.0 Å². The predicted octanol–water partition coefficient (Wildman–Crippen LogP) is 2.99. The van der Waals surface area contributed by atoms with Gasteiger partial charge in [-0.3, -0.25) is 9.59 Å². The molecule has 2 aliphatic rings. The smallest absolute Gasteiger partial charge is 0.320 e. The average Bonchev–Trinajstić information content (AvgIpc) is 2.80. The number of hydrogen-bond donors (Lipinski definition) is 0. The summed E-state index contributed by atoms with van der Waals surface area (Å²) >= 11 is 0. The molecule has 2 rings (SSSR count). The van der Waals surface area contributed by atoms with Crippen molar-refractivity contribution in [1.29, 1.82) is 0 Å². The maximum Gasteiger partial charge on any atom is 0.320 e. The molecule has 2 aliphatic carbocycles. The van der Waals surface area contributed by atoms with Gasteiger partial charge >= 0.3 is 5.97 Å². The van der Waals surface area contributed by atoms with E-state index >= 15 is 0 Å². The van der Waals surface area contributed by atoms with Crippen molar-refractivity contribution in [1.82, 2.24) is 0 Å². The molecule has 0 radical (unpaired) electrons. The van der Waals surface area contributed by atoms with Gasteiger partial charge in [-0.1, -0.05) is 26.8 Å². The van der Waals surface area contributed by atoms with Crippen molar-refractivity contribution in [3.63, 3.8) is 0 Å². The number of carbonyl (C=O) groups is 2. The molecule has 3 heteroatoms.